The number of halogens is 4. The highest BCUT2D eigenvalue weighted by Crippen LogP contribution is 2.49. The van der Waals surface area contributed by atoms with Crippen LogP contribution >= 0.6 is 11.6 Å². The molecule has 1 atom stereocenters. The highest BCUT2D eigenvalue weighted by Gasteiger charge is 2.60. The van der Waals surface area contributed by atoms with Crippen molar-refractivity contribution in [1.29, 1.82) is 0 Å². The maximum absolute atomic E-state index is 14.0. The quantitative estimate of drug-likeness (QED) is 0.617. The van der Waals surface area contributed by atoms with E-state index in [9.17, 15) is 23.1 Å². The molecule has 0 spiro atoms. The summed E-state index contributed by atoms with van der Waals surface area (Å²) in [5.74, 6) is 3.68. The van der Waals surface area contributed by atoms with Crippen molar-refractivity contribution in [2.45, 2.75) is 11.7 Å². The molecule has 0 bridgehead atoms. The van der Waals surface area contributed by atoms with Crippen LogP contribution in [0.5, 0.6) is 5.75 Å². The fourth-order valence-corrected chi connectivity index (χ4v) is 2.66. The van der Waals surface area contributed by atoms with Gasteiger partial charge in [0.1, 0.15) is 5.75 Å². The minimum Gasteiger partial charge on any atom is -0.506 e. The Balaban J connectivity index is 2.30. The molecule has 2 aromatic carbocycles. The first-order chi connectivity index (χ1) is 11.7. The first-order valence-electron chi connectivity index (χ1n) is 7.01. The molecule has 3 N–H and O–H groups in total. The number of hydrogen-bond acceptors (Lipinski definition) is 2. The Morgan fingerprint density at radius 2 is 1.80 bits per heavy atom. The zero-order valence-corrected chi connectivity index (χ0v) is 13.2. The van der Waals surface area contributed by atoms with Gasteiger partial charge in [0, 0.05) is 5.56 Å². The average Bonchev–Trinajstić information content (AvgIpc) is 2.56. The van der Waals surface area contributed by atoms with Crippen LogP contribution < -0.4 is 10.6 Å². The number of urea groups is 1. The number of phenolic OH excluding ortho intramolecular Hbond substituents is 1. The molecule has 0 aliphatic carbocycles. The van der Waals surface area contributed by atoms with Crippen LogP contribution in [0, 0.1) is 11.8 Å². The molecule has 0 fully saturated rings. The van der Waals surface area contributed by atoms with Gasteiger partial charge in [-0.2, -0.15) is 13.2 Å². The predicted molar refractivity (Wildman–Crippen MR) is 86.3 cm³/mol. The summed E-state index contributed by atoms with van der Waals surface area (Å²) in [7, 11) is 0. The monoisotopic (exact) mass is 366 g/mol. The SMILES string of the molecule is O=C1Nc2ccc(Cl)c(O)c2[C@@](C#Cc2ccccc2)(C(F)(F)F)N1. The number of hydrogen-bond donors (Lipinski definition) is 3. The summed E-state index contributed by atoms with van der Waals surface area (Å²) in [5.41, 5.74) is -3.64. The van der Waals surface area contributed by atoms with E-state index in [1.54, 1.807) is 23.5 Å². The van der Waals surface area contributed by atoms with Crippen molar-refractivity contribution >= 4 is 23.3 Å². The molecule has 0 unspecified atom stereocenters. The highest BCUT2D eigenvalue weighted by atomic mass is 35.5. The second-order valence-electron chi connectivity index (χ2n) is 5.26. The van der Waals surface area contributed by atoms with E-state index < -0.39 is 29.1 Å². The highest BCUT2D eigenvalue weighted by molar-refractivity contribution is 6.32. The second-order valence-corrected chi connectivity index (χ2v) is 5.67. The fraction of sp³-hybridized carbons (Fsp3) is 0.118. The number of phenols is 1. The Labute approximate surface area is 145 Å². The van der Waals surface area contributed by atoms with E-state index in [0.717, 1.165) is 0 Å². The lowest BCUT2D eigenvalue weighted by molar-refractivity contribution is -0.179. The number of benzene rings is 2. The molecule has 3 rings (SSSR count). The number of anilines is 1. The first-order valence-corrected chi connectivity index (χ1v) is 7.38. The molecule has 0 radical (unpaired) electrons. The normalized spacial score (nSPS) is 19.1. The molecule has 4 nitrogen and oxygen atoms in total. The van der Waals surface area contributed by atoms with E-state index in [4.69, 9.17) is 11.6 Å². The van der Waals surface area contributed by atoms with E-state index in [1.807, 2.05) is 0 Å². The molecule has 1 aliphatic heterocycles. The van der Waals surface area contributed by atoms with Gasteiger partial charge in [0.25, 0.3) is 0 Å². The van der Waals surface area contributed by atoms with Gasteiger partial charge in [0.05, 0.1) is 16.3 Å². The third-order valence-corrected chi connectivity index (χ3v) is 3.95. The molecule has 1 aliphatic rings. The molecule has 2 amide bonds. The third kappa shape index (κ3) is 2.85. The molecule has 0 saturated heterocycles. The van der Waals surface area contributed by atoms with Crippen molar-refractivity contribution in [2.24, 2.45) is 0 Å². The van der Waals surface area contributed by atoms with Gasteiger partial charge in [-0.1, -0.05) is 41.6 Å². The lowest BCUT2D eigenvalue weighted by Gasteiger charge is -2.37. The number of amides is 2. The van der Waals surface area contributed by atoms with Gasteiger partial charge in [0.15, 0.2) is 0 Å². The lowest BCUT2D eigenvalue weighted by atomic mass is 9.85. The van der Waals surface area contributed by atoms with Crippen LogP contribution in [0.3, 0.4) is 0 Å². The number of alkyl halides is 3. The summed E-state index contributed by atoms with van der Waals surface area (Å²) in [6.07, 6.45) is -5.01. The maximum atomic E-state index is 14.0. The second kappa shape index (κ2) is 5.90. The van der Waals surface area contributed by atoms with Gasteiger partial charge in [-0.05, 0) is 24.3 Å². The van der Waals surface area contributed by atoms with Crippen molar-refractivity contribution < 1.29 is 23.1 Å². The lowest BCUT2D eigenvalue weighted by Crippen LogP contribution is -2.59. The van der Waals surface area contributed by atoms with Crippen LogP contribution in [-0.4, -0.2) is 17.3 Å². The molecule has 128 valence electrons. The van der Waals surface area contributed by atoms with Crippen molar-refractivity contribution in [1.82, 2.24) is 5.32 Å². The van der Waals surface area contributed by atoms with Gasteiger partial charge < -0.3 is 15.7 Å². The predicted octanol–water partition coefficient (Wildman–Crippen LogP) is 3.99. The van der Waals surface area contributed by atoms with Crippen molar-refractivity contribution in [2.75, 3.05) is 5.32 Å². The molecular weight excluding hydrogens is 357 g/mol. The Morgan fingerprint density at radius 3 is 2.44 bits per heavy atom. The van der Waals surface area contributed by atoms with Crippen LogP contribution in [0.1, 0.15) is 11.1 Å². The minimum absolute atomic E-state index is 0.217. The Morgan fingerprint density at radius 1 is 1.12 bits per heavy atom. The largest absolute Gasteiger partial charge is 0.506 e. The molecule has 0 aromatic heterocycles. The van der Waals surface area contributed by atoms with E-state index in [1.165, 1.54) is 24.3 Å². The van der Waals surface area contributed by atoms with Crippen molar-refractivity contribution in [3.8, 4) is 17.6 Å². The van der Waals surface area contributed by atoms with Gasteiger partial charge >= 0.3 is 12.2 Å². The maximum Gasteiger partial charge on any atom is 0.427 e. The summed E-state index contributed by atoms with van der Waals surface area (Å²) < 4.78 is 41.9. The Hall–Kier alpha value is -2.85. The number of aromatic hydroxyl groups is 1. The van der Waals surface area contributed by atoms with Crippen LogP contribution in [0.4, 0.5) is 23.7 Å². The molecule has 0 saturated carbocycles. The van der Waals surface area contributed by atoms with Gasteiger partial charge in [-0.15, -0.1) is 0 Å². The van der Waals surface area contributed by atoms with Crippen LogP contribution in [0.15, 0.2) is 42.5 Å². The summed E-state index contributed by atoms with van der Waals surface area (Å²) in [6.45, 7) is 0. The summed E-state index contributed by atoms with van der Waals surface area (Å²) in [6, 6.07) is 9.26. The van der Waals surface area contributed by atoms with Crippen molar-refractivity contribution in [3.63, 3.8) is 0 Å². The average molecular weight is 367 g/mol. The van der Waals surface area contributed by atoms with E-state index in [-0.39, 0.29) is 10.7 Å². The van der Waals surface area contributed by atoms with Gasteiger partial charge in [0.2, 0.25) is 5.54 Å². The molecular formula is C17H10ClF3N2O2. The first kappa shape index (κ1) is 17.0. The zero-order chi connectivity index (χ0) is 18.2. The number of fused-ring (bicyclic) bond motifs is 1. The summed E-state index contributed by atoms with van der Waals surface area (Å²) >= 11 is 5.77. The summed E-state index contributed by atoms with van der Waals surface area (Å²) in [5, 5.41) is 13.9. The molecule has 1 heterocycles. The number of carbonyl (C=O) groups is 1. The Bertz CT molecular complexity index is 904. The van der Waals surface area contributed by atoms with E-state index in [0.29, 0.717) is 5.56 Å². The zero-order valence-electron chi connectivity index (χ0n) is 12.4. The molecule has 2 aromatic rings. The fourth-order valence-electron chi connectivity index (χ4n) is 2.50. The third-order valence-electron chi connectivity index (χ3n) is 3.65. The number of rotatable bonds is 0. The molecule has 8 heteroatoms. The van der Waals surface area contributed by atoms with E-state index in [2.05, 4.69) is 17.2 Å². The topological polar surface area (TPSA) is 61.4 Å². The summed E-state index contributed by atoms with van der Waals surface area (Å²) in [4.78, 5) is 11.8. The van der Waals surface area contributed by atoms with Gasteiger partial charge in [-0.3, -0.25) is 0 Å². The Kier molecular flexibility index (Phi) is 4.01. The standard InChI is InChI=1S/C17H10ClF3N2O2/c18-11-6-7-12-13(14(11)24)16(17(19,20)21,23-15(25)22-12)9-8-10-4-2-1-3-5-10/h1-7,24H,(H2,22,23,25)/t16-/m0/s1. The van der Waals surface area contributed by atoms with Gasteiger partial charge in [-0.25, -0.2) is 4.79 Å². The van der Waals surface area contributed by atoms with Crippen LogP contribution in [0.2, 0.25) is 5.02 Å². The molecule has 25 heavy (non-hydrogen) atoms. The number of carbonyl (C=O) groups excluding carboxylic acids is 1. The minimum atomic E-state index is -5.01. The smallest absolute Gasteiger partial charge is 0.427 e. The van der Waals surface area contributed by atoms with Crippen LogP contribution in [-0.2, 0) is 5.54 Å². The van der Waals surface area contributed by atoms with Crippen molar-refractivity contribution in [3.05, 3.63) is 58.6 Å². The number of nitrogens with one attached hydrogen (secondary N) is 2. The van der Waals surface area contributed by atoms with E-state index >= 15 is 0 Å². The van der Waals surface area contributed by atoms with Crippen LogP contribution in [0.25, 0.3) is 0 Å².